The molecule has 1 aromatic carbocycles. The lowest BCUT2D eigenvalue weighted by molar-refractivity contribution is -0.384. The van der Waals surface area contributed by atoms with Crippen LogP contribution >= 0.6 is 0 Å². The number of nitro groups is 1. The Kier molecular flexibility index (Phi) is 3.80. The highest BCUT2D eigenvalue weighted by Gasteiger charge is 2.29. The number of non-ortho nitro benzene ring substituents is 1. The number of likely N-dealkylation sites (tertiary alicyclic amines) is 1. The fourth-order valence-electron chi connectivity index (χ4n) is 2.26. The van der Waals surface area contributed by atoms with Crippen molar-refractivity contribution in [1.82, 2.24) is 10.2 Å². The number of nitrogens with zero attached hydrogens (tertiary/aromatic N) is 2. The van der Waals surface area contributed by atoms with E-state index in [2.05, 4.69) is 5.32 Å². The van der Waals surface area contributed by atoms with Gasteiger partial charge >= 0.3 is 0 Å². The summed E-state index contributed by atoms with van der Waals surface area (Å²) in [4.78, 5) is 23.7. The summed E-state index contributed by atoms with van der Waals surface area (Å²) in [7, 11) is 1.79. The van der Waals surface area contributed by atoms with Crippen LogP contribution in [0.4, 0.5) is 5.69 Å². The van der Waals surface area contributed by atoms with E-state index in [4.69, 9.17) is 0 Å². The first-order chi connectivity index (χ1) is 8.99. The predicted octanol–water partition coefficient (Wildman–Crippen LogP) is 1.48. The number of likely N-dealkylation sites (N-methyl/N-ethyl adjacent to an activating group) is 1. The Morgan fingerprint density at radius 1 is 1.42 bits per heavy atom. The minimum absolute atomic E-state index is 0.0127. The molecular formula is C13H17N3O3. The molecule has 6 heteroatoms. The number of hydrogen-bond donors (Lipinski definition) is 1. The number of carbonyl (C=O) groups excluding carboxylic acids is 1. The zero-order chi connectivity index (χ0) is 14.0. The van der Waals surface area contributed by atoms with E-state index >= 15 is 0 Å². The third kappa shape index (κ3) is 2.90. The summed E-state index contributed by atoms with van der Waals surface area (Å²) < 4.78 is 0. The number of hydrogen-bond acceptors (Lipinski definition) is 4. The van der Waals surface area contributed by atoms with Crippen molar-refractivity contribution in [3.8, 4) is 0 Å². The summed E-state index contributed by atoms with van der Waals surface area (Å²) in [5, 5.41) is 13.8. The summed E-state index contributed by atoms with van der Waals surface area (Å²) in [5.74, 6) is 0.105. The zero-order valence-electron chi connectivity index (χ0n) is 11.0. The molecule has 1 aliphatic heterocycles. The molecule has 2 unspecified atom stereocenters. The lowest BCUT2D eigenvalue weighted by atomic mass is 10.1. The van der Waals surface area contributed by atoms with Gasteiger partial charge in [-0.15, -0.1) is 0 Å². The summed E-state index contributed by atoms with van der Waals surface area (Å²) >= 11 is 0. The quantitative estimate of drug-likeness (QED) is 0.659. The topological polar surface area (TPSA) is 75.5 Å². The van der Waals surface area contributed by atoms with Crippen LogP contribution < -0.4 is 5.32 Å². The molecule has 0 radical (unpaired) electrons. The van der Waals surface area contributed by atoms with Crippen molar-refractivity contribution in [2.24, 2.45) is 0 Å². The van der Waals surface area contributed by atoms with Crippen LogP contribution in [0.2, 0.25) is 0 Å². The second kappa shape index (κ2) is 5.36. The lowest BCUT2D eigenvalue weighted by Crippen LogP contribution is -2.38. The smallest absolute Gasteiger partial charge is 0.269 e. The number of nitrogens with one attached hydrogen (secondary N) is 1. The van der Waals surface area contributed by atoms with E-state index < -0.39 is 4.92 Å². The first kappa shape index (κ1) is 13.5. The monoisotopic (exact) mass is 263 g/mol. The molecule has 1 saturated heterocycles. The molecule has 2 rings (SSSR count). The Morgan fingerprint density at radius 3 is 2.53 bits per heavy atom. The van der Waals surface area contributed by atoms with Crippen LogP contribution in [-0.2, 0) is 4.79 Å². The van der Waals surface area contributed by atoms with Gasteiger partial charge in [-0.1, -0.05) is 12.1 Å². The molecule has 1 aromatic rings. The highest BCUT2D eigenvalue weighted by molar-refractivity contribution is 5.83. The van der Waals surface area contributed by atoms with Crippen LogP contribution in [0.15, 0.2) is 24.3 Å². The van der Waals surface area contributed by atoms with Gasteiger partial charge in [0, 0.05) is 31.8 Å². The van der Waals surface area contributed by atoms with Crippen molar-refractivity contribution in [2.45, 2.75) is 25.4 Å². The van der Waals surface area contributed by atoms with Crippen molar-refractivity contribution >= 4 is 11.6 Å². The largest absolute Gasteiger partial charge is 0.344 e. The fourth-order valence-corrected chi connectivity index (χ4v) is 2.26. The van der Waals surface area contributed by atoms with Crippen molar-refractivity contribution in [2.75, 3.05) is 13.6 Å². The summed E-state index contributed by atoms with van der Waals surface area (Å²) in [5.41, 5.74) is 1.01. The maximum atomic E-state index is 11.8. The van der Waals surface area contributed by atoms with Crippen molar-refractivity contribution in [3.63, 3.8) is 0 Å². The van der Waals surface area contributed by atoms with E-state index in [0.717, 1.165) is 18.5 Å². The van der Waals surface area contributed by atoms with Gasteiger partial charge in [0.05, 0.1) is 11.0 Å². The molecule has 19 heavy (non-hydrogen) atoms. The van der Waals surface area contributed by atoms with Crippen LogP contribution in [-0.4, -0.2) is 35.4 Å². The molecule has 1 aliphatic rings. The van der Waals surface area contributed by atoms with Crippen LogP contribution in [0, 0.1) is 10.1 Å². The van der Waals surface area contributed by atoms with Gasteiger partial charge in [-0.3, -0.25) is 20.2 Å². The maximum absolute atomic E-state index is 11.8. The van der Waals surface area contributed by atoms with Crippen LogP contribution in [0.5, 0.6) is 0 Å². The van der Waals surface area contributed by atoms with E-state index in [-0.39, 0.29) is 23.7 Å². The van der Waals surface area contributed by atoms with Gasteiger partial charge in [-0.05, 0) is 18.9 Å². The second-order valence-electron chi connectivity index (χ2n) is 4.84. The third-order valence-corrected chi connectivity index (χ3v) is 3.48. The number of amides is 1. The van der Waals surface area contributed by atoms with Crippen molar-refractivity contribution < 1.29 is 9.72 Å². The minimum atomic E-state index is -0.419. The molecule has 0 aliphatic carbocycles. The standard InChI is InChI=1S/C13H17N3O3/c1-9(14-12-7-8-15(2)13(12)17)10-3-5-11(6-4-10)16(18)19/h3-6,9,12,14H,7-8H2,1-2H3. The van der Waals surface area contributed by atoms with Gasteiger partial charge < -0.3 is 4.90 Å². The molecule has 1 fully saturated rings. The number of rotatable bonds is 4. The maximum Gasteiger partial charge on any atom is 0.269 e. The minimum Gasteiger partial charge on any atom is -0.344 e. The SMILES string of the molecule is CC(NC1CCN(C)C1=O)c1ccc([N+](=O)[O-])cc1. The Hall–Kier alpha value is -1.95. The van der Waals surface area contributed by atoms with E-state index in [1.807, 2.05) is 6.92 Å². The van der Waals surface area contributed by atoms with E-state index in [1.54, 1.807) is 24.1 Å². The molecule has 0 bridgehead atoms. The zero-order valence-corrected chi connectivity index (χ0v) is 11.0. The first-order valence-electron chi connectivity index (χ1n) is 6.24. The van der Waals surface area contributed by atoms with Crippen LogP contribution in [0.25, 0.3) is 0 Å². The second-order valence-corrected chi connectivity index (χ2v) is 4.84. The Morgan fingerprint density at radius 2 is 2.05 bits per heavy atom. The van der Waals surface area contributed by atoms with Crippen LogP contribution in [0.3, 0.4) is 0 Å². The molecule has 1 N–H and O–H groups in total. The average molecular weight is 263 g/mol. The fraction of sp³-hybridized carbons (Fsp3) is 0.462. The highest BCUT2D eigenvalue weighted by Crippen LogP contribution is 2.19. The summed E-state index contributed by atoms with van der Waals surface area (Å²) in [6, 6.07) is 6.24. The normalized spacial score (nSPS) is 20.6. The van der Waals surface area contributed by atoms with Gasteiger partial charge in [0.2, 0.25) is 5.91 Å². The summed E-state index contributed by atoms with van der Waals surface area (Å²) in [6.45, 7) is 2.72. The molecule has 0 aromatic heterocycles. The van der Waals surface area contributed by atoms with Crippen molar-refractivity contribution in [1.29, 1.82) is 0 Å². The number of nitro benzene ring substituents is 1. The van der Waals surface area contributed by atoms with E-state index in [9.17, 15) is 14.9 Å². The van der Waals surface area contributed by atoms with Gasteiger partial charge in [-0.25, -0.2) is 0 Å². The highest BCUT2D eigenvalue weighted by atomic mass is 16.6. The Bertz CT molecular complexity index is 486. The lowest BCUT2D eigenvalue weighted by Gasteiger charge is -2.18. The average Bonchev–Trinajstić information content (AvgIpc) is 2.71. The molecule has 6 nitrogen and oxygen atoms in total. The third-order valence-electron chi connectivity index (χ3n) is 3.48. The molecular weight excluding hydrogens is 246 g/mol. The van der Waals surface area contributed by atoms with E-state index in [1.165, 1.54) is 12.1 Å². The van der Waals surface area contributed by atoms with E-state index in [0.29, 0.717) is 0 Å². The number of benzene rings is 1. The van der Waals surface area contributed by atoms with Gasteiger partial charge in [-0.2, -0.15) is 0 Å². The predicted molar refractivity (Wildman–Crippen MR) is 70.7 cm³/mol. The van der Waals surface area contributed by atoms with Crippen molar-refractivity contribution in [3.05, 3.63) is 39.9 Å². The Balaban J connectivity index is 2.02. The van der Waals surface area contributed by atoms with Gasteiger partial charge in [0.25, 0.3) is 5.69 Å². The molecule has 0 saturated carbocycles. The summed E-state index contributed by atoms with van der Waals surface area (Å²) in [6.07, 6.45) is 0.798. The molecule has 102 valence electrons. The first-order valence-corrected chi connectivity index (χ1v) is 6.24. The molecule has 0 spiro atoms. The molecule has 1 amide bonds. The van der Waals surface area contributed by atoms with Gasteiger partial charge in [0.15, 0.2) is 0 Å². The number of carbonyl (C=O) groups is 1. The van der Waals surface area contributed by atoms with Gasteiger partial charge in [0.1, 0.15) is 0 Å². The molecule has 2 atom stereocenters. The Labute approximate surface area is 111 Å². The van der Waals surface area contributed by atoms with Crippen LogP contribution in [0.1, 0.15) is 24.9 Å². The molecule has 1 heterocycles.